The standard InChI is InChI=1S/C30H19BrCl2N2O4/c31-19-8-6-17(7-9-19)28(37)26-25-24(29(38)35(30(25)39)22-14-20(32)13-21(33)15-22)23-12-18(10-11-34(23)26)27(36)16-4-2-1-3-5-16/h1-15,23-26H/t23-,24+,25-,26-/m1/s1. The van der Waals surface area contributed by atoms with Gasteiger partial charge >= 0.3 is 0 Å². The molecule has 2 fully saturated rings. The second kappa shape index (κ2) is 9.90. The highest BCUT2D eigenvalue weighted by Gasteiger charge is 2.63. The lowest BCUT2D eigenvalue weighted by Gasteiger charge is -2.33. The van der Waals surface area contributed by atoms with Crippen LogP contribution in [0, 0.1) is 11.8 Å². The number of nitrogens with zero attached hydrogens (tertiary/aromatic N) is 2. The number of halogens is 3. The van der Waals surface area contributed by atoms with Gasteiger partial charge in [-0.25, -0.2) is 4.90 Å². The summed E-state index contributed by atoms with van der Waals surface area (Å²) >= 11 is 15.7. The van der Waals surface area contributed by atoms with Crippen LogP contribution in [0.4, 0.5) is 5.69 Å². The van der Waals surface area contributed by atoms with Crippen LogP contribution in [0.3, 0.4) is 0 Å². The van der Waals surface area contributed by atoms with E-state index < -0.39 is 35.7 Å². The summed E-state index contributed by atoms with van der Waals surface area (Å²) in [7, 11) is 0. The molecule has 39 heavy (non-hydrogen) atoms. The monoisotopic (exact) mass is 620 g/mol. The van der Waals surface area contributed by atoms with Gasteiger partial charge in [-0.05, 0) is 36.4 Å². The third kappa shape index (κ3) is 4.35. The maximum atomic E-state index is 13.9. The zero-order valence-corrected chi connectivity index (χ0v) is 23.2. The Morgan fingerprint density at radius 1 is 0.795 bits per heavy atom. The van der Waals surface area contributed by atoms with E-state index in [0.717, 1.165) is 9.37 Å². The first-order valence-corrected chi connectivity index (χ1v) is 13.7. The Kier molecular flexibility index (Phi) is 6.53. The smallest absolute Gasteiger partial charge is 0.240 e. The molecule has 6 nitrogen and oxygen atoms in total. The molecule has 6 rings (SSSR count). The summed E-state index contributed by atoms with van der Waals surface area (Å²) in [6.07, 6.45) is 4.99. The third-order valence-corrected chi connectivity index (χ3v) is 8.31. The average Bonchev–Trinajstić information content (AvgIpc) is 3.39. The van der Waals surface area contributed by atoms with E-state index in [-0.39, 0.29) is 27.3 Å². The highest BCUT2D eigenvalue weighted by atomic mass is 79.9. The Labute approximate surface area is 242 Å². The highest BCUT2D eigenvalue weighted by molar-refractivity contribution is 9.10. The fourth-order valence-corrected chi connectivity index (χ4v) is 6.44. The molecule has 0 aliphatic carbocycles. The maximum absolute atomic E-state index is 13.9. The van der Waals surface area contributed by atoms with Crippen LogP contribution in [-0.2, 0) is 9.59 Å². The first kappa shape index (κ1) is 25.7. The Balaban J connectivity index is 1.44. The molecule has 0 aromatic heterocycles. The number of ketones is 2. The number of carbonyl (C=O) groups is 4. The van der Waals surface area contributed by atoms with Gasteiger partial charge in [0.1, 0.15) is 6.04 Å². The molecule has 0 spiro atoms. The lowest BCUT2D eigenvalue weighted by molar-refractivity contribution is -0.123. The van der Waals surface area contributed by atoms with E-state index in [1.54, 1.807) is 71.8 Å². The zero-order valence-electron chi connectivity index (χ0n) is 20.1. The Hall–Kier alpha value is -3.52. The van der Waals surface area contributed by atoms with E-state index in [1.165, 1.54) is 18.2 Å². The van der Waals surface area contributed by atoms with E-state index in [9.17, 15) is 19.2 Å². The van der Waals surface area contributed by atoms with E-state index in [4.69, 9.17) is 23.2 Å². The molecule has 194 valence electrons. The van der Waals surface area contributed by atoms with Crippen molar-refractivity contribution in [1.82, 2.24) is 4.90 Å². The first-order valence-electron chi connectivity index (χ1n) is 12.2. The lowest BCUT2D eigenvalue weighted by atomic mass is 9.85. The van der Waals surface area contributed by atoms with Crippen molar-refractivity contribution < 1.29 is 19.2 Å². The van der Waals surface area contributed by atoms with Crippen molar-refractivity contribution in [3.63, 3.8) is 0 Å². The third-order valence-electron chi connectivity index (χ3n) is 7.35. The van der Waals surface area contributed by atoms with Crippen molar-refractivity contribution in [3.8, 4) is 0 Å². The number of rotatable bonds is 5. The summed E-state index contributed by atoms with van der Waals surface area (Å²) in [6.45, 7) is 0. The van der Waals surface area contributed by atoms with Crippen molar-refractivity contribution in [2.45, 2.75) is 12.1 Å². The van der Waals surface area contributed by atoms with Gasteiger partial charge in [0.25, 0.3) is 0 Å². The second-order valence-electron chi connectivity index (χ2n) is 9.58. The molecule has 3 heterocycles. The maximum Gasteiger partial charge on any atom is 0.240 e. The van der Waals surface area contributed by atoms with Crippen molar-refractivity contribution in [3.05, 3.63) is 122 Å². The largest absolute Gasteiger partial charge is 0.359 e. The Bertz CT molecular complexity index is 1580. The van der Waals surface area contributed by atoms with Gasteiger partial charge in [-0.3, -0.25) is 19.2 Å². The number of amides is 2. The van der Waals surface area contributed by atoms with Crippen molar-refractivity contribution in [1.29, 1.82) is 0 Å². The van der Waals surface area contributed by atoms with Gasteiger partial charge in [0.2, 0.25) is 11.8 Å². The Morgan fingerprint density at radius 3 is 2.10 bits per heavy atom. The lowest BCUT2D eigenvalue weighted by Crippen LogP contribution is -2.46. The summed E-state index contributed by atoms with van der Waals surface area (Å²) in [6, 6.07) is 18.5. The molecule has 2 amide bonds. The number of fused-ring (bicyclic) bond motifs is 3. The second-order valence-corrected chi connectivity index (χ2v) is 11.4. The zero-order chi connectivity index (χ0) is 27.4. The summed E-state index contributed by atoms with van der Waals surface area (Å²) in [5, 5.41) is 0.547. The minimum atomic E-state index is -0.969. The molecular formula is C30H19BrCl2N2O4. The molecule has 0 saturated carbocycles. The molecule has 3 aromatic carbocycles. The van der Waals surface area contributed by atoms with Crippen LogP contribution in [-0.4, -0.2) is 40.4 Å². The Morgan fingerprint density at radius 2 is 1.44 bits per heavy atom. The summed E-state index contributed by atoms with van der Waals surface area (Å²) in [4.78, 5) is 57.8. The number of carbonyl (C=O) groups excluding carboxylic acids is 4. The number of allylic oxidation sites excluding steroid dienone is 2. The molecule has 4 atom stereocenters. The van der Waals surface area contributed by atoms with Crippen molar-refractivity contribution in [2.75, 3.05) is 4.90 Å². The molecule has 3 aromatic rings. The number of Topliss-reactive ketones (excluding diaryl/α,β-unsaturated/α-hetero) is 2. The minimum absolute atomic E-state index is 0.207. The highest BCUT2D eigenvalue weighted by Crippen LogP contribution is 2.47. The fourth-order valence-electron chi connectivity index (χ4n) is 5.66. The first-order chi connectivity index (χ1) is 18.7. The summed E-state index contributed by atoms with van der Waals surface area (Å²) < 4.78 is 0.808. The van der Waals surface area contributed by atoms with Gasteiger partial charge in [-0.2, -0.15) is 0 Å². The predicted molar refractivity (Wildman–Crippen MR) is 152 cm³/mol. The van der Waals surface area contributed by atoms with Crippen LogP contribution >= 0.6 is 39.1 Å². The molecule has 0 N–H and O–H groups in total. The topological polar surface area (TPSA) is 74.8 Å². The normalized spacial score (nSPS) is 23.5. The van der Waals surface area contributed by atoms with Gasteiger partial charge < -0.3 is 4.90 Å². The van der Waals surface area contributed by atoms with E-state index in [1.807, 2.05) is 6.07 Å². The van der Waals surface area contributed by atoms with Gasteiger partial charge in [-0.1, -0.05) is 87.7 Å². The minimum Gasteiger partial charge on any atom is -0.359 e. The van der Waals surface area contributed by atoms with Crippen LogP contribution in [0.2, 0.25) is 10.0 Å². The van der Waals surface area contributed by atoms with Crippen molar-refractivity contribution in [2.24, 2.45) is 11.8 Å². The molecule has 2 saturated heterocycles. The van der Waals surface area contributed by atoms with Crippen LogP contribution in [0.5, 0.6) is 0 Å². The van der Waals surface area contributed by atoms with Crippen LogP contribution < -0.4 is 4.90 Å². The van der Waals surface area contributed by atoms with Crippen molar-refractivity contribution >= 4 is 68.2 Å². The van der Waals surface area contributed by atoms with Gasteiger partial charge in [-0.15, -0.1) is 0 Å². The number of imide groups is 1. The molecule has 3 aliphatic heterocycles. The fraction of sp³-hybridized carbons (Fsp3) is 0.133. The molecular weight excluding hydrogens is 603 g/mol. The summed E-state index contributed by atoms with van der Waals surface area (Å²) in [5.41, 5.74) is 1.55. The molecule has 0 bridgehead atoms. The number of hydrogen-bond donors (Lipinski definition) is 0. The van der Waals surface area contributed by atoms with Gasteiger partial charge in [0.05, 0.1) is 23.6 Å². The quantitative estimate of drug-likeness (QED) is 0.253. The molecule has 3 aliphatic rings. The SMILES string of the molecule is O=C(C1=C[C@@H]2[C@@H]3C(=O)N(c4cc(Cl)cc(Cl)c4)C(=O)[C@H]3[C@H](C(=O)c3ccc(Br)cc3)N2C=C1)c1ccccc1. The predicted octanol–water partition coefficient (Wildman–Crippen LogP) is 6.13. The number of anilines is 1. The van der Waals surface area contributed by atoms with Gasteiger partial charge in [0.15, 0.2) is 11.6 Å². The van der Waals surface area contributed by atoms with Gasteiger partial charge in [0, 0.05) is 37.4 Å². The van der Waals surface area contributed by atoms with Crippen LogP contribution in [0.25, 0.3) is 0 Å². The molecule has 9 heteroatoms. The summed E-state index contributed by atoms with van der Waals surface area (Å²) in [5.74, 6) is -3.33. The number of benzene rings is 3. The van der Waals surface area contributed by atoms with Crippen LogP contribution in [0.15, 0.2) is 101 Å². The average molecular weight is 622 g/mol. The van der Waals surface area contributed by atoms with Crippen LogP contribution in [0.1, 0.15) is 20.7 Å². The number of hydrogen-bond acceptors (Lipinski definition) is 5. The molecule has 0 radical (unpaired) electrons. The van der Waals surface area contributed by atoms with E-state index in [0.29, 0.717) is 16.7 Å². The molecule has 0 unspecified atom stereocenters. The van der Waals surface area contributed by atoms with E-state index in [2.05, 4.69) is 15.9 Å². The van der Waals surface area contributed by atoms with E-state index >= 15 is 0 Å².